The number of likely N-dealkylation sites (tertiary alicyclic amines) is 1. The van der Waals surface area contributed by atoms with Crippen LogP contribution in [-0.2, 0) is 7.05 Å². The van der Waals surface area contributed by atoms with Gasteiger partial charge in [-0.25, -0.2) is 14.8 Å². The first-order chi connectivity index (χ1) is 12.2. The molecule has 3 aromatic heterocycles. The number of imidazole rings is 1. The molecule has 3 aromatic rings. The zero-order valence-corrected chi connectivity index (χ0v) is 13.9. The Morgan fingerprint density at radius 2 is 2.12 bits per heavy atom. The minimum absolute atomic E-state index is 0.0968. The second-order valence-electron chi connectivity index (χ2n) is 6.20. The van der Waals surface area contributed by atoms with Crippen LogP contribution in [0.3, 0.4) is 0 Å². The van der Waals surface area contributed by atoms with Gasteiger partial charge in [0.15, 0.2) is 5.65 Å². The van der Waals surface area contributed by atoms with E-state index >= 15 is 0 Å². The Morgan fingerprint density at radius 1 is 1.24 bits per heavy atom. The van der Waals surface area contributed by atoms with Gasteiger partial charge in [-0.3, -0.25) is 18.9 Å². The summed E-state index contributed by atoms with van der Waals surface area (Å²) >= 11 is 0. The molecule has 0 radical (unpaired) electrons. The number of hydrogen-bond acceptors (Lipinski definition) is 5. The van der Waals surface area contributed by atoms with Crippen molar-refractivity contribution in [2.45, 2.75) is 18.9 Å². The van der Waals surface area contributed by atoms with Gasteiger partial charge >= 0.3 is 5.69 Å². The molecule has 0 N–H and O–H groups in total. The predicted octanol–water partition coefficient (Wildman–Crippen LogP) is 1.00. The number of aromatic nitrogens is 5. The highest BCUT2D eigenvalue weighted by molar-refractivity contribution is 5.92. The average Bonchev–Trinajstić information content (AvgIpc) is 2.93. The Bertz CT molecular complexity index is 978. The molecule has 1 aliphatic heterocycles. The molecule has 25 heavy (non-hydrogen) atoms. The molecule has 1 fully saturated rings. The van der Waals surface area contributed by atoms with Gasteiger partial charge in [0.25, 0.3) is 5.91 Å². The van der Waals surface area contributed by atoms with E-state index in [2.05, 4.69) is 15.0 Å². The molecule has 1 saturated heterocycles. The maximum atomic E-state index is 12.7. The molecule has 8 nitrogen and oxygen atoms in total. The number of hydrogen-bond donors (Lipinski definition) is 0. The maximum absolute atomic E-state index is 12.7. The number of pyridine rings is 1. The van der Waals surface area contributed by atoms with E-state index in [1.165, 1.54) is 18.6 Å². The quantitative estimate of drug-likeness (QED) is 0.696. The van der Waals surface area contributed by atoms with Gasteiger partial charge in [0.1, 0.15) is 5.69 Å². The summed E-state index contributed by atoms with van der Waals surface area (Å²) in [5.74, 6) is -0.154. The zero-order chi connectivity index (χ0) is 17.4. The van der Waals surface area contributed by atoms with Gasteiger partial charge in [-0.15, -0.1) is 0 Å². The van der Waals surface area contributed by atoms with Crippen LogP contribution in [0, 0.1) is 0 Å². The first kappa shape index (κ1) is 15.5. The largest absolute Gasteiger partial charge is 0.335 e. The van der Waals surface area contributed by atoms with Crippen LogP contribution in [0.5, 0.6) is 0 Å². The summed E-state index contributed by atoms with van der Waals surface area (Å²) in [6.07, 6.45) is 7.86. The van der Waals surface area contributed by atoms with Crippen LogP contribution in [0.4, 0.5) is 0 Å². The maximum Gasteiger partial charge on any atom is 0.330 e. The van der Waals surface area contributed by atoms with Crippen LogP contribution < -0.4 is 5.69 Å². The summed E-state index contributed by atoms with van der Waals surface area (Å²) in [6, 6.07) is 3.60. The fourth-order valence-electron chi connectivity index (χ4n) is 3.44. The lowest BCUT2D eigenvalue weighted by atomic mass is 10.1. The number of aryl methyl sites for hydroxylation is 1. The topological polar surface area (TPSA) is 85.9 Å². The predicted molar refractivity (Wildman–Crippen MR) is 91.2 cm³/mol. The number of nitrogens with zero attached hydrogens (tertiary/aromatic N) is 6. The Hall–Kier alpha value is -3.03. The van der Waals surface area contributed by atoms with Gasteiger partial charge < -0.3 is 4.90 Å². The molecule has 0 aromatic carbocycles. The summed E-state index contributed by atoms with van der Waals surface area (Å²) in [6.45, 7) is 1.11. The van der Waals surface area contributed by atoms with E-state index in [4.69, 9.17) is 0 Å². The monoisotopic (exact) mass is 338 g/mol. The molecule has 4 rings (SSSR count). The highest BCUT2D eigenvalue weighted by Crippen LogP contribution is 2.24. The van der Waals surface area contributed by atoms with Gasteiger partial charge in [0, 0.05) is 38.7 Å². The first-order valence-electron chi connectivity index (χ1n) is 8.24. The highest BCUT2D eigenvalue weighted by atomic mass is 16.2. The molecule has 8 heteroatoms. The van der Waals surface area contributed by atoms with E-state index in [1.54, 1.807) is 27.3 Å². The standard InChI is InChI=1S/C17H18N6O2/c1-21-14-5-2-6-20-15(14)23(17(21)25)12-4-3-9-22(11-12)16(24)13-10-18-7-8-19-13/h2,5-8,10,12H,3-4,9,11H2,1H3/t12-/m0/s1. The third-order valence-electron chi connectivity index (χ3n) is 4.68. The minimum Gasteiger partial charge on any atom is -0.335 e. The molecule has 128 valence electrons. The van der Waals surface area contributed by atoms with E-state index < -0.39 is 0 Å². The van der Waals surface area contributed by atoms with Crippen molar-refractivity contribution < 1.29 is 4.79 Å². The summed E-state index contributed by atoms with van der Waals surface area (Å²) in [5.41, 5.74) is 1.68. The summed E-state index contributed by atoms with van der Waals surface area (Å²) < 4.78 is 3.32. The number of piperidine rings is 1. The van der Waals surface area contributed by atoms with E-state index in [9.17, 15) is 9.59 Å². The first-order valence-corrected chi connectivity index (χ1v) is 8.24. The van der Waals surface area contributed by atoms with Crippen LogP contribution in [0.25, 0.3) is 11.2 Å². The average molecular weight is 338 g/mol. The van der Waals surface area contributed by atoms with Crippen molar-refractivity contribution in [2.75, 3.05) is 13.1 Å². The number of amides is 1. The number of carbonyl (C=O) groups excluding carboxylic acids is 1. The molecule has 1 atom stereocenters. The Kier molecular flexibility index (Phi) is 3.79. The van der Waals surface area contributed by atoms with Crippen molar-refractivity contribution in [3.63, 3.8) is 0 Å². The molecule has 4 heterocycles. The van der Waals surface area contributed by atoms with Crippen LogP contribution in [0.15, 0.2) is 41.7 Å². The molecule has 1 aliphatic rings. The van der Waals surface area contributed by atoms with E-state index in [-0.39, 0.29) is 17.6 Å². The van der Waals surface area contributed by atoms with Gasteiger partial charge in [-0.05, 0) is 25.0 Å². The molecule has 1 amide bonds. The van der Waals surface area contributed by atoms with Crippen molar-refractivity contribution in [1.29, 1.82) is 0 Å². The summed E-state index contributed by atoms with van der Waals surface area (Å²) in [5, 5.41) is 0. The lowest BCUT2D eigenvalue weighted by Crippen LogP contribution is -2.43. The van der Waals surface area contributed by atoms with Crippen molar-refractivity contribution in [2.24, 2.45) is 7.05 Å². The lowest BCUT2D eigenvalue weighted by Gasteiger charge is -2.32. The fourth-order valence-corrected chi connectivity index (χ4v) is 3.44. The van der Waals surface area contributed by atoms with Crippen molar-refractivity contribution in [3.05, 3.63) is 53.1 Å². The second kappa shape index (κ2) is 6.12. The highest BCUT2D eigenvalue weighted by Gasteiger charge is 2.29. The Labute approximate surface area is 143 Å². The second-order valence-corrected chi connectivity index (χ2v) is 6.20. The van der Waals surface area contributed by atoms with Gasteiger partial charge in [-0.1, -0.05) is 0 Å². The van der Waals surface area contributed by atoms with Gasteiger partial charge in [0.2, 0.25) is 0 Å². The molecule has 0 saturated carbocycles. The van der Waals surface area contributed by atoms with E-state index in [0.717, 1.165) is 18.4 Å². The molecule has 0 bridgehead atoms. The van der Waals surface area contributed by atoms with Gasteiger partial charge in [-0.2, -0.15) is 0 Å². The fraction of sp³-hybridized carbons (Fsp3) is 0.353. The van der Waals surface area contributed by atoms with Gasteiger partial charge in [0.05, 0.1) is 17.8 Å². The molecular formula is C17H18N6O2. The Balaban J connectivity index is 1.68. The van der Waals surface area contributed by atoms with Crippen LogP contribution >= 0.6 is 0 Å². The van der Waals surface area contributed by atoms with Crippen LogP contribution in [0.1, 0.15) is 29.4 Å². The Morgan fingerprint density at radius 3 is 2.92 bits per heavy atom. The van der Waals surface area contributed by atoms with E-state index in [0.29, 0.717) is 24.4 Å². The van der Waals surface area contributed by atoms with Crippen LogP contribution in [-0.4, -0.2) is 48.0 Å². The molecular weight excluding hydrogens is 320 g/mol. The van der Waals surface area contributed by atoms with Crippen molar-refractivity contribution >= 4 is 17.1 Å². The van der Waals surface area contributed by atoms with Crippen molar-refractivity contribution in [3.8, 4) is 0 Å². The number of carbonyl (C=O) groups is 1. The van der Waals surface area contributed by atoms with Crippen molar-refractivity contribution in [1.82, 2.24) is 29.0 Å². The number of fused-ring (bicyclic) bond motifs is 1. The smallest absolute Gasteiger partial charge is 0.330 e. The number of rotatable bonds is 2. The summed E-state index contributed by atoms with van der Waals surface area (Å²) in [7, 11) is 1.74. The third-order valence-corrected chi connectivity index (χ3v) is 4.68. The lowest BCUT2D eigenvalue weighted by molar-refractivity contribution is 0.0672. The zero-order valence-electron chi connectivity index (χ0n) is 13.9. The normalized spacial score (nSPS) is 17.8. The molecule has 0 aliphatic carbocycles. The third kappa shape index (κ3) is 2.59. The van der Waals surface area contributed by atoms with E-state index in [1.807, 2.05) is 12.1 Å². The molecule has 0 spiro atoms. The summed E-state index contributed by atoms with van der Waals surface area (Å²) in [4.78, 5) is 39.5. The minimum atomic E-state index is -0.154. The molecule has 0 unspecified atom stereocenters. The van der Waals surface area contributed by atoms with Crippen LogP contribution in [0.2, 0.25) is 0 Å². The SMILES string of the molecule is Cn1c(=O)n([C@H]2CCCN(C(=O)c3cnccn3)C2)c2ncccc21.